The van der Waals surface area contributed by atoms with E-state index in [1.165, 1.54) is 0 Å². The molecule has 0 aliphatic rings. The Bertz CT molecular complexity index is 839. The number of rotatable bonds is 3. The molecule has 0 fully saturated rings. The number of hydrogen-bond acceptors (Lipinski definition) is 1. The Kier molecular flexibility index (Phi) is 3.89. The van der Waals surface area contributed by atoms with Gasteiger partial charge in [0.05, 0.1) is 10.0 Å². The van der Waals surface area contributed by atoms with Gasteiger partial charge in [0.15, 0.2) is 0 Å². The summed E-state index contributed by atoms with van der Waals surface area (Å²) in [4.78, 5) is 0.402. The fourth-order valence-electron chi connectivity index (χ4n) is 2.43. The molecule has 3 rings (SSSR count). The summed E-state index contributed by atoms with van der Waals surface area (Å²) < 4.78 is 2.11. The van der Waals surface area contributed by atoms with Crippen LogP contribution >= 0.6 is 35.4 Å². The Morgan fingerprint density at radius 3 is 2.62 bits per heavy atom. The monoisotopic (exact) mass is 334 g/mol. The largest absolute Gasteiger partial charge is 0.389 e. The highest BCUT2D eigenvalue weighted by Crippen LogP contribution is 2.28. The van der Waals surface area contributed by atoms with Crippen molar-refractivity contribution >= 4 is 51.3 Å². The maximum Gasteiger partial charge on any atom is 0.104 e. The predicted octanol–water partition coefficient (Wildman–Crippen LogP) is 4.63. The van der Waals surface area contributed by atoms with Crippen LogP contribution in [0.5, 0.6) is 0 Å². The second-order valence-electron chi connectivity index (χ2n) is 4.76. The van der Waals surface area contributed by atoms with E-state index >= 15 is 0 Å². The van der Waals surface area contributed by atoms with E-state index in [0.29, 0.717) is 21.6 Å². The molecule has 106 valence electrons. The minimum Gasteiger partial charge on any atom is -0.389 e. The lowest BCUT2D eigenvalue weighted by Gasteiger charge is -2.09. The summed E-state index contributed by atoms with van der Waals surface area (Å²) in [5, 5.41) is 2.20. The maximum atomic E-state index is 6.26. The van der Waals surface area contributed by atoms with E-state index < -0.39 is 0 Å². The van der Waals surface area contributed by atoms with Gasteiger partial charge in [-0.1, -0.05) is 59.7 Å². The average molecular weight is 335 g/mol. The van der Waals surface area contributed by atoms with Crippen molar-refractivity contribution in [2.45, 2.75) is 6.54 Å². The molecule has 2 aromatic carbocycles. The van der Waals surface area contributed by atoms with Gasteiger partial charge in [-0.05, 0) is 23.8 Å². The highest BCUT2D eigenvalue weighted by atomic mass is 35.5. The number of nitrogens with two attached hydrogens (primary N) is 1. The molecule has 0 unspecified atom stereocenters. The molecule has 5 heteroatoms. The number of halogens is 2. The van der Waals surface area contributed by atoms with Crippen LogP contribution in [0.1, 0.15) is 11.1 Å². The zero-order valence-electron chi connectivity index (χ0n) is 11.0. The van der Waals surface area contributed by atoms with E-state index in [9.17, 15) is 0 Å². The third kappa shape index (κ3) is 2.64. The summed E-state index contributed by atoms with van der Waals surface area (Å²) >= 11 is 17.4. The standard InChI is InChI=1S/C16H12Cl2N2S/c17-13-5-1-3-10(15(13)18)9-20-8-7-11-12(16(19)21)4-2-6-14(11)20/h1-8H,9H2,(H2,19,21). The van der Waals surface area contributed by atoms with Gasteiger partial charge in [0.25, 0.3) is 0 Å². The van der Waals surface area contributed by atoms with Gasteiger partial charge in [-0.3, -0.25) is 0 Å². The van der Waals surface area contributed by atoms with Crippen molar-refractivity contribution in [3.8, 4) is 0 Å². The molecule has 21 heavy (non-hydrogen) atoms. The van der Waals surface area contributed by atoms with Gasteiger partial charge in [0.2, 0.25) is 0 Å². The van der Waals surface area contributed by atoms with Crippen molar-refractivity contribution in [3.63, 3.8) is 0 Å². The number of aromatic nitrogens is 1. The first-order chi connectivity index (χ1) is 10.1. The van der Waals surface area contributed by atoms with Crippen LogP contribution in [0.3, 0.4) is 0 Å². The summed E-state index contributed by atoms with van der Waals surface area (Å²) in [7, 11) is 0. The number of fused-ring (bicyclic) bond motifs is 1. The van der Waals surface area contributed by atoms with Crippen LogP contribution in [0.25, 0.3) is 10.9 Å². The summed E-state index contributed by atoms with van der Waals surface area (Å²) in [5.74, 6) is 0. The van der Waals surface area contributed by atoms with E-state index in [-0.39, 0.29) is 0 Å². The molecule has 0 aliphatic carbocycles. The molecule has 1 heterocycles. The first kappa shape index (κ1) is 14.4. The molecule has 0 amide bonds. The zero-order valence-corrected chi connectivity index (χ0v) is 13.3. The minimum atomic E-state index is 0.402. The molecule has 0 saturated carbocycles. The number of thiocarbonyl (C=S) groups is 1. The van der Waals surface area contributed by atoms with Crippen LogP contribution < -0.4 is 5.73 Å². The summed E-state index contributed by atoms with van der Waals surface area (Å²) in [5.41, 5.74) is 8.70. The third-order valence-electron chi connectivity index (χ3n) is 3.45. The molecule has 0 saturated heterocycles. The van der Waals surface area contributed by atoms with E-state index in [0.717, 1.165) is 22.0 Å². The topological polar surface area (TPSA) is 30.9 Å². The number of nitrogens with zero attached hydrogens (tertiary/aromatic N) is 1. The van der Waals surface area contributed by atoms with Crippen molar-refractivity contribution in [2.75, 3.05) is 0 Å². The molecular formula is C16H12Cl2N2S. The smallest absolute Gasteiger partial charge is 0.104 e. The molecule has 2 N–H and O–H groups in total. The van der Waals surface area contributed by atoms with Crippen molar-refractivity contribution < 1.29 is 0 Å². The van der Waals surface area contributed by atoms with Crippen molar-refractivity contribution in [1.82, 2.24) is 4.57 Å². The van der Waals surface area contributed by atoms with E-state index in [2.05, 4.69) is 4.57 Å². The fourth-order valence-corrected chi connectivity index (χ4v) is 2.99. The van der Waals surface area contributed by atoms with Crippen molar-refractivity contribution in [2.24, 2.45) is 5.73 Å². The van der Waals surface area contributed by atoms with Gasteiger partial charge >= 0.3 is 0 Å². The van der Waals surface area contributed by atoms with E-state index in [4.69, 9.17) is 41.2 Å². The number of hydrogen-bond donors (Lipinski definition) is 1. The summed E-state index contributed by atoms with van der Waals surface area (Å²) in [6, 6.07) is 13.6. The average Bonchev–Trinajstić information content (AvgIpc) is 2.87. The summed E-state index contributed by atoms with van der Waals surface area (Å²) in [6.07, 6.45) is 2.00. The van der Waals surface area contributed by atoms with E-state index in [1.807, 2.05) is 42.6 Å². The third-order valence-corrected chi connectivity index (χ3v) is 4.53. The maximum absolute atomic E-state index is 6.26. The van der Waals surface area contributed by atoms with Crippen LogP contribution in [0, 0.1) is 0 Å². The van der Waals surface area contributed by atoms with Gasteiger partial charge in [0, 0.05) is 29.2 Å². The first-order valence-corrected chi connectivity index (χ1v) is 7.55. The quantitative estimate of drug-likeness (QED) is 0.708. The lowest BCUT2D eigenvalue weighted by molar-refractivity contribution is 0.837. The highest BCUT2D eigenvalue weighted by Gasteiger charge is 2.10. The van der Waals surface area contributed by atoms with Crippen LogP contribution in [0.4, 0.5) is 0 Å². The van der Waals surface area contributed by atoms with Crippen molar-refractivity contribution in [3.05, 3.63) is 69.8 Å². The molecule has 1 aromatic heterocycles. The molecule has 0 atom stereocenters. The molecular weight excluding hydrogens is 323 g/mol. The Morgan fingerprint density at radius 2 is 1.86 bits per heavy atom. The zero-order chi connectivity index (χ0) is 15.0. The number of benzene rings is 2. The second kappa shape index (κ2) is 5.68. The lowest BCUT2D eigenvalue weighted by atomic mass is 10.1. The van der Waals surface area contributed by atoms with Crippen molar-refractivity contribution in [1.29, 1.82) is 0 Å². The minimum absolute atomic E-state index is 0.402. The Morgan fingerprint density at radius 1 is 1.10 bits per heavy atom. The summed E-state index contributed by atoms with van der Waals surface area (Å²) in [6.45, 7) is 0.643. The Labute approximate surface area is 138 Å². The predicted molar refractivity (Wildman–Crippen MR) is 93.4 cm³/mol. The first-order valence-electron chi connectivity index (χ1n) is 6.38. The van der Waals surface area contributed by atoms with E-state index in [1.54, 1.807) is 6.07 Å². The highest BCUT2D eigenvalue weighted by molar-refractivity contribution is 7.80. The molecule has 3 aromatic rings. The molecule has 0 bridgehead atoms. The van der Waals surface area contributed by atoms with Gasteiger partial charge in [0.1, 0.15) is 4.99 Å². The molecule has 0 radical (unpaired) electrons. The SMILES string of the molecule is NC(=S)c1cccc2c1ccn2Cc1cccc(Cl)c1Cl. The second-order valence-corrected chi connectivity index (χ2v) is 5.98. The molecule has 0 aliphatic heterocycles. The van der Waals surface area contributed by atoms with Gasteiger partial charge in [-0.15, -0.1) is 0 Å². The Balaban J connectivity index is 2.08. The molecule has 0 spiro atoms. The normalized spacial score (nSPS) is 11.0. The van der Waals surface area contributed by atoms with Gasteiger partial charge in [-0.2, -0.15) is 0 Å². The fraction of sp³-hybridized carbons (Fsp3) is 0.0625. The van der Waals surface area contributed by atoms with Crippen LogP contribution in [0.15, 0.2) is 48.7 Å². The van der Waals surface area contributed by atoms with Crippen LogP contribution in [-0.2, 0) is 6.54 Å². The van der Waals surface area contributed by atoms with Crippen LogP contribution in [-0.4, -0.2) is 9.56 Å². The van der Waals surface area contributed by atoms with Gasteiger partial charge < -0.3 is 10.3 Å². The lowest BCUT2D eigenvalue weighted by Crippen LogP contribution is -2.09. The Hall–Kier alpha value is -1.55. The molecule has 2 nitrogen and oxygen atoms in total. The van der Waals surface area contributed by atoms with Gasteiger partial charge in [-0.25, -0.2) is 0 Å². The van der Waals surface area contributed by atoms with Crippen LogP contribution in [0.2, 0.25) is 10.0 Å².